The molecule has 0 atom stereocenters. The third kappa shape index (κ3) is 6.42. The molecule has 0 saturated carbocycles. The number of nitrogens with zero attached hydrogens (tertiary/aromatic N) is 2. The fraction of sp³-hybridized carbons (Fsp3) is 0.467. The molecule has 0 fully saturated rings. The van der Waals surface area contributed by atoms with E-state index in [0.29, 0.717) is 12.8 Å². The third-order valence-electron chi connectivity index (χ3n) is 2.96. The van der Waals surface area contributed by atoms with Crippen molar-refractivity contribution in [3.63, 3.8) is 0 Å². The lowest BCUT2D eigenvalue weighted by Crippen LogP contribution is -2.21. The molecule has 3 aliphatic heterocycles. The monoisotopic (exact) mass is 514 g/mol. The van der Waals surface area contributed by atoms with Gasteiger partial charge in [-0.15, -0.1) is 47.0 Å². The summed E-state index contributed by atoms with van der Waals surface area (Å²) >= 11 is 12.5. The Bertz CT molecular complexity index is 720. The van der Waals surface area contributed by atoms with E-state index in [0.717, 1.165) is 24.2 Å². The molecule has 0 aromatic heterocycles. The maximum atomic E-state index is 13.6. The van der Waals surface area contributed by atoms with Crippen LogP contribution in [-0.2, 0) is 0 Å². The molecular formula is C15H12F2N2S8. The van der Waals surface area contributed by atoms with Crippen LogP contribution in [0.2, 0.25) is 0 Å². The van der Waals surface area contributed by atoms with Crippen molar-refractivity contribution in [3.8, 4) is 12.1 Å². The fourth-order valence-electron chi connectivity index (χ4n) is 1.83. The van der Waals surface area contributed by atoms with Gasteiger partial charge in [-0.05, 0) is 0 Å². The number of alkyl halides is 2. The van der Waals surface area contributed by atoms with Crippen LogP contribution < -0.4 is 0 Å². The summed E-state index contributed by atoms with van der Waals surface area (Å²) in [5.74, 6) is -1.42. The highest BCUT2D eigenvalue weighted by Crippen LogP contribution is 2.67. The number of hydrogen-bond donors (Lipinski definition) is 0. The SMILES string of the molecule is N#CCCSC1=C(SCCC#N)SC(=C2SC3=C(SCC(F)(F)CS3)S2)S1. The topological polar surface area (TPSA) is 47.6 Å². The second-order valence-electron chi connectivity index (χ2n) is 5.08. The largest absolute Gasteiger partial charge is 0.266 e. The minimum atomic E-state index is -2.61. The van der Waals surface area contributed by atoms with Crippen molar-refractivity contribution in [3.05, 3.63) is 25.4 Å². The van der Waals surface area contributed by atoms with Gasteiger partial charge in [0, 0.05) is 24.3 Å². The first-order chi connectivity index (χ1) is 13.0. The highest BCUT2D eigenvalue weighted by Gasteiger charge is 2.38. The Hall–Kier alpha value is 0.860. The Balaban J connectivity index is 1.66. The van der Waals surface area contributed by atoms with Crippen LogP contribution in [0.1, 0.15) is 12.8 Å². The van der Waals surface area contributed by atoms with E-state index >= 15 is 0 Å². The number of hydrogen-bond acceptors (Lipinski definition) is 10. The van der Waals surface area contributed by atoms with Crippen molar-refractivity contribution in [2.75, 3.05) is 23.0 Å². The summed E-state index contributed by atoms with van der Waals surface area (Å²) in [5.41, 5.74) is 0. The lowest BCUT2D eigenvalue weighted by molar-refractivity contribution is 0.0552. The predicted molar refractivity (Wildman–Crippen MR) is 127 cm³/mol. The molecule has 0 aliphatic carbocycles. The van der Waals surface area contributed by atoms with Crippen molar-refractivity contribution in [2.45, 2.75) is 18.8 Å². The molecule has 0 aromatic rings. The number of thioether (sulfide) groups is 8. The first-order valence-electron chi connectivity index (χ1n) is 7.59. The Morgan fingerprint density at radius 2 is 1.22 bits per heavy atom. The summed E-state index contributed by atoms with van der Waals surface area (Å²) in [7, 11) is 0. The standard InChI is InChI=1S/C15H12F2N2S8/c16-15(17)7-22-11-12(23-8-15)27-14(26-11)13-24-9(20-5-1-3-18)10(25-13)21-6-2-4-19/h1-2,5-8H2. The molecule has 0 aromatic carbocycles. The Morgan fingerprint density at radius 1 is 0.778 bits per heavy atom. The summed E-state index contributed by atoms with van der Waals surface area (Å²) in [4.78, 5) is 0. The van der Waals surface area contributed by atoms with Crippen LogP contribution in [0.25, 0.3) is 0 Å². The molecule has 0 N–H and O–H groups in total. The van der Waals surface area contributed by atoms with Crippen LogP contribution in [0.5, 0.6) is 0 Å². The minimum Gasteiger partial charge on any atom is -0.205 e. The maximum absolute atomic E-state index is 13.6. The zero-order chi connectivity index (χ0) is 19.3. The molecule has 0 unspecified atom stereocenters. The quantitative estimate of drug-likeness (QED) is 0.329. The van der Waals surface area contributed by atoms with E-state index in [1.165, 1.54) is 36.2 Å². The van der Waals surface area contributed by atoms with Crippen LogP contribution in [0, 0.1) is 22.7 Å². The number of halogens is 2. The summed E-state index contributed by atoms with van der Waals surface area (Å²) in [5, 5.41) is 17.5. The Kier molecular flexibility index (Phi) is 8.98. The molecule has 144 valence electrons. The molecule has 12 heteroatoms. The fourth-order valence-corrected chi connectivity index (χ4v) is 13.6. The van der Waals surface area contributed by atoms with Gasteiger partial charge in [0.05, 0.1) is 49.1 Å². The van der Waals surface area contributed by atoms with Gasteiger partial charge in [0.2, 0.25) is 0 Å². The smallest absolute Gasteiger partial charge is 0.205 e. The van der Waals surface area contributed by atoms with Gasteiger partial charge in [0.15, 0.2) is 0 Å². The van der Waals surface area contributed by atoms with Crippen LogP contribution in [0.4, 0.5) is 8.78 Å². The zero-order valence-corrected chi connectivity index (χ0v) is 20.2. The van der Waals surface area contributed by atoms with Crippen LogP contribution in [0.15, 0.2) is 25.4 Å². The predicted octanol–water partition coefficient (Wildman–Crippen LogP) is 7.74. The van der Waals surface area contributed by atoms with E-state index in [1.807, 2.05) is 0 Å². The molecule has 0 spiro atoms. The highest BCUT2D eigenvalue weighted by atomic mass is 32.3. The van der Waals surface area contributed by atoms with E-state index in [4.69, 9.17) is 10.5 Å². The molecule has 3 rings (SSSR count). The second kappa shape index (κ2) is 10.8. The lowest BCUT2D eigenvalue weighted by Gasteiger charge is -2.12. The van der Waals surface area contributed by atoms with Gasteiger partial charge in [0.25, 0.3) is 5.92 Å². The molecular weight excluding hydrogens is 503 g/mol. The average molecular weight is 515 g/mol. The summed E-state index contributed by atoms with van der Waals surface area (Å²) in [6.07, 6.45) is 1.00. The normalized spacial score (nSPS) is 21.9. The molecule has 0 amide bonds. The van der Waals surface area contributed by atoms with Crippen molar-refractivity contribution in [1.82, 2.24) is 0 Å². The number of nitriles is 2. The minimum absolute atomic E-state index is 0.155. The van der Waals surface area contributed by atoms with E-state index in [1.54, 1.807) is 70.6 Å². The van der Waals surface area contributed by atoms with E-state index in [-0.39, 0.29) is 11.5 Å². The van der Waals surface area contributed by atoms with Gasteiger partial charge in [-0.3, -0.25) is 0 Å². The highest BCUT2D eigenvalue weighted by molar-refractivity contribution is 8.45. The van der Waals surface area contributed by atoms with Gasteiger partial charge < -0.3 is 0 Å². The summed E-state index contributed by atoms with van der Waals surface area (Å²) in [6.45, 7) is 0. The first-order valence-corrected chi connectivity index (χ1v) is 14.8. The van der Waals surface area contributed by atoms with Gasteiger partial charge in [-0.25, -0.2) is 8.78 Å². The summed E-state index contributed by atoms with van der Waals surface area (Å²) in [6, 6.07) is 4.34. The molecule has 27 heavy (non-hydrogen) atoms. The Labute approximate surface area is 191 Å². The van der Waals surface area contributed by atoms with E-state index < -0.39 is 5.92 Å². The average Bonchev–Trinajstić information content (AvgIpc) is 3.20. The van der Waals surface area contributed by atoms with Crippen LogP contribution in [-0.4, -0.2) is 28.9 Å². The molecule has 2 nitrogen and oxygen atoms in total. The molecule has 3 aliphatic rings. The van der Waals surface area contributed by atoms with E-state index in [9.17, 15) is 8.78 Å². The van der Waals surface area contributed by atoms with Crippen LogP contribution in [0.3, 0.4) is 0 Å². The molecule has 0 bridgehead atoms. The van der Waals surface area contributed by atoms with E-state index in [2.05, 4.69) is 12.1 Å². The molecule has 0 radical (unpaired) electrons. The third-order valence-corrected chi connectivity index (χ3v) is 14.9. The van der Waals surface area contributed by atoms with Crippen molar-refractivity contribution < 1.29 is 8.78 Å². The number of rotatable bonds is 6. The Morgan fingerprint density at radius 3 is 1.67 bits per heavy atom. The van der Waals surface area contributed by atoms with Gasteiger partial charge >= 0.3 is 0 Å². The maximum Gasteiger partial charge on any atom is 0.266 e. The van der Waals surface area contributed by atoms with Crippen LogP contribution >= 0.6 is 94.1 Å². The summed E-state index contributed by atoms with van der Waals surface area (Å²) < 4.78 is 33.9. The molecule has 0 saturated heterocycles. The zero-order valence-electron chi connectivity index (χ0n) is 13.7. The van der Waals surface area contributed by atoms with Crippen molar-refractivity contribution in [2.24, 2.45) is 0 Å². The van der Waals surface area contributed by atoms with Gasteiger partial charge in [-0.2, -0.15) is 10.5 Å². The van der Waals surface area contributed by atoms with Gasteiger partial charge in [-0.1, -0.05) is 47.0 Å². The second-order valence-corrected chi connectivity index (χ2v) is 14.9. The van der Waals surface area contributed by atoms with Crippen molar-refractivity contribution >= 4 is 94.1 Å². The van der Waals surface area contributed by atoms with Gasteiger partial charge in [0.1, 0.15) is 0 Å². The first kappa shape index (κ1) is 22.5. The molecule has 3 heterocycles. The lowest BCUT2D eigenvalue weighted by atomic mass is 10.5. The van der Waals surface area contributed by atoms with Crippen molar-refractivity contribution in [1.29, 1.82) is 10.5 Å².